The SMILES string of the molecule is O=C(N[C@@H](c1ccncc1)c1ccc(Cl)cc1)[C@@H]1OCOc2ccccc21. The van der Waals surface area contributed by atoms with Crippen LogP contribution < -0.4 is 10.1 Å². The van der Waals surface area contributed by atoms with Gasteiger partial charge in [-0.3, -0.25) is 9.78 Å². The molecule has 0 aliphatic carbocycles. The van der Waals surface area contributed by atoms with Crippen LogP contribution in [0, 0.1) is 0 Å². The van der Waals surface area contributed by atoms with Gasteiger partial charge in [0.25, 0.3) is 5.91 Å². The first-order valence-electron chi connectivity index (χ1n) is 8.51. The number of benzene rings is 2. The van der Waals surface area contributed by atoms with E-state index < -0.39 is 6.10 Å². The predicted octanol–water partition coefficient (Wildman–Crippen LogP) is 4.05. The molecule has 136 valence electrons. The molecular weight excluding hydrogens is 364 g/mol. The second-order valence-corrected chi connectivity index (χ2v) is 6.56. The highest BCUT2D eigenvalue weighted by molar-refractivity contribution is 6.30. The number of halogens is 1. The monoisotopic (exact) mass is 380 g/mol. The molecule has 2 aromatic carbocycles. The maximum atomic E-state index is 13.1. The number of nitrogens with one attached hydrogen (secondary N) is 1. The Balaban J connectivity index is 1.64. The van der Waals surface area contributed by atoms with Gasteiger partial charge in [-0.1, -0.05) is 41.9 Å². The smallest absolute Gasteiger partial charge is 0.254 e. The third kappa shape index (κ3) is 3.79. The zero-order chi connectivity index (χ0) is 18.6. The lowest BCUT2D eigenvalue weighted by Crippen LogP contribution is -2.36. The molecule has 3 aromatic rings. The number of rotatable bonds is 4. The number of hydrogen-bond donors (Lipinski definition) is 1. The van der Waals surface area contributed by atoms with Crippen molar-refractivity contribution < 1.29 is 14.3 Å². The Labute approximate surface area is 161 Å². The van der Waals surface area contributed by atoms with Crippen LogP contribution in [0.3, 0.4) is 0 Å². The fourth-order valence-corrected chi connectivity index (χ4v) is 3.22. The van der Waals surface area contributed by atoms with Gasteiger partial charge in [0.2, 0.25) is 0 Å². The van der Waals surface area contributed by atoms with Crippen molar-refractivity contribution in [1.82, 2.24) is 10.3 Å². The molecule has 0 radical (unpaired) electrons. The van der Waals surface area contributed by atoms with E-state index in [0.717, 1.165) is 11.1 Å². The molecule has 2 atom stereocenters. The molecule has 0 spiro atoms. The second kappa shape index (κ2) is 7.78. The Morgan fingerprint density at radius 3 is 2.52 bits per heavy atom. The maximum Gasteiger partial charge on any atom is 0.254 e. The largest absolute Gasteiger partial charge is 0.467 e. The number of carbonyl (C=O) groups is 1. The first-order valence-corrected chi connectivity index (χ1v) is 8.89. The van der Waals surface area contributed by atoms with Crippen LogP contribution in [0.25, 0.3) is 0 Å². The summed E-state index contributed by atoms with van der Waals surface area (Å²) in [5.41, 5.74) is 2.55. The van der Waals surface area contributed by atoms with E-state index >= 15 is 0 Å². The van der Waals surface area contributed by atoms with Crippen LogP contribution in [-0.2, 0) is 9.53 Å². The zero-order valence-corrected chi connectivity index (χ0v) is 15.1. The van der Waals surface area contributed by atoms with E-state index in [1.165, 1.54) is 0 Å². The summed E-state index contributed by atoms with van der Waals surface area (Å²) in [7, 11) is 0. The molecule has 4 rings (SSSR count). The summed E-state index contributed by atoms with van der Waals surface area (Å²) in [6.07, 6.45) is 2.67. The Morgan fingerprint density at radius 2 is 1.74 bits per heavy atom. The minimum Gasteiger partial charge on any atom is -0.467 e. The van der Waals surface area contributed by atoms with Crippen molar-refractivity contribution in [3.05, 3.63) is 94.8 Å². The maximum absolute atomic E-state index is 13.1. The summed E-state index contributed by atoms with van der Waals surface area (Å²) in [4.78, 5) is 17.1. The number of ether oxygens (including phenoxy) is 2. The highest BCUT2D eigenvalue weighted by Crippen LogP contribution is 2.33. The lowest BCUT2D eigenvalue weighted by atomic mass is 9.98. The van der Waals surface area contributed by atoms with Crippen LogP contribution in [0.4, 0.5) is 0 Å². The van der Waals surface area contributed by atoms with Gasteiger partial charge < -0.3 is 14.8 Å². The fourth-order valence-electron chi connectivity index (χ4n) is 3.09. The van der Waals surface area contributed by atoms with E-state index in [-0.39, 0.29) is 18.7 Å². The van der Waals surface area contributed by atoms with Crippen molar-refractivity contribution >= 4 is 17.5 Å². The minimum atomic E-state index is -0.730. The van der Waals surface area contributed by atoms with Gasteiger partial charge in [-0.25, -0.2) is 0 Å². The molecule has 1 amide bonds. The van der Waals surface area contributed by atoms with Crippen LogP contribution in [-0.4, -0.2) is 17.7 Å². The van der Waals surface area contributed by atoms with Crippen LogP contribution in [0.15, 0.2) is 73.1 Å². The average molecular weight is 381 g/mol. The average Bonchev–Trinajstić information content (AvgIpc) is 2.73. The minimum absolute atomic E-state index is 0.0377. The summed E-state index contributed by atoms with van der Waals surface area (Å²) in [5, 5.41) is 3.73. The number of carbonyl (C=O) groups excluding carboxylic acids is 1. The molecule has 1 N–H and O–H groups in total. The molecule has 0 unspecified atom stereocenters. The number of pyridine rings is 1. The topological polar surface area (TPSA) is 60.5 Å². The van der Waals surface area contributed by atoms with Crippen molar-refractivity contribution in [3.63, 3.8) is 0 Å². The first kappa shape index (κ1) is 17.5. The number of fused-ring (bicyclic) bond motifs is 1. The quantitative estimate of drug-likeness (QED) is 0.741. The molecule has 1 aromatic heterocycles. The highest BCUT2D eigenvalue weighted by atomic mass is 35.5. The van der Waals surface area contributed by atoms with E-state index in [0.29, 0.717) is 16.3 Å². The molecule has 0 bridgehead atoms. The van der Waals surface area contributed by atoms with Crippen LogP contribution >= 0.6 is 11.6 Å². The molecule has 2 heterocycles. The van der Waals surface area contributed by atoms with Gasteiger partial charge in [0, 0.05) is 23.0 Å². The third-order valence-corrected chi connectivity index (χ3v) is 4.67. The third-order valence-electron chi connectivity index (χ3n) is 4.42. The zero-order valence-electron chi connectivity index (χ0n) is 14.3. The van der Waals surface area contributed by atoms with E-state index in [2.05, 4.69) is 10.3 Å². The van der Waals surface area contributed by atoms with Crippen LogP contribution in [0.2, 0.25) is 5.02 Å². The summed E-state index contributed by atoms with van der Waals surface area (Å²) >= 11 is 6.01. The van der Waals surface area contributed by atoms with E-state index in [9.17, 15) is 4.79 Å². The van der Waals surface area contributed by atoms with Gasteiger partial charge in [0.1, 0.15) is 5.75 Å². The lowest BCUT2D eigenvalue weighted by molar-refractivity contribution is -0.142. The van der Waals surface area contributed by atoms with E-state index in [4.69, 9.17) is 21.1 Å². The highest BCUT2D eigenvalue weighted by Gasteiger charge is 2.30. The lowest BCUT2D eigenvalue weighted by Gasteiger charge is -2.28. The van der Waals surface area contributed by atoms with Crippen molar-refractivity contribution in [3.8, 4) is 5.75 Å². The van der Waals surface area contributed by atoms with Crippen molar-refractivity contribution in [1.29, 1.82) is 0 Å². The molecule has 0 saturated heterocycles. The number of amides is 1. The van der Waals surface area contributed by atoms with Gasteiger partial charge in [0.05, 0.1) is 6.04 Å². The number of hydrogen-bond acceptors (Lipinski definition) is 4. The number of aromatic nitrogens is 1. The number of nitrogens with zero attached hydrogens (tertiary/aromatic N) is 1. The summed E-state index contributed by atoms with van der Waals surface area (Å²) in [6.45, 7) is 0.0377. The summed E-state index contributed by atoms with van der Waals surface area (Å²) < 4.78 is 11.1. The summed E-state index contributed by atoms with van der Waals surface area (Å²) in [5.74, 6) is 0.429. The standard InChI is InChI=1S/C21H17ClN2O3/c22-16-7-5-14(6-8-16)19(15-9-11-23-12-10-15)24-21(25)20-17-3-1-2-4-18(17)26-13-27-20/h1-12,19-20H,13H2,(H,24,25)/t19-,20-/m1/s1. The molecule has 6 heteroatoms. The first-order chi connectivity index (χ1) is 13.2. The van der Waals surface area contributed by atoms with Gasteiger partial charge >= 0.3 is 0 Å². The van der Waals surface area contributed by atoms with Crippen LogP contribution in [0.5, 0.6) is 5.75 Å². The van der Waals surface area contributed by atoms with Gasteiger partial charge in [0.15, 0.2) is 12.9 Å². The Bertz CT molecular complexity index is 932. The van der Waals surface area contributed by atoms with Gasteiger partial charge in [-0.15, -0.1) is 0 Å². The van der Waals surface area contributed by atoms with Gasteiger partial charge in [-0.05, 0) is 41.5 Å². The molecule has 27 heavy (non-hydrogen) atoms. The Kier molecular flexibility index (Phi) is 5.05. The van der Waals surface area contributed by atoms with E-state index in [1.807, 2.05) is 48.5 Å². The Morgan fingerprint density at radius 1 is 1.04 bits per heavy atom. The van der Waals surface area contributed by atoms with E-state index in [1.54, 1.807) is 24.5 Å². The van der Waals surface area contributed by atoms with Gasteiger partial charge in [-0.2, -0.15) is 0 Å². The molecular formula is C21H17ClN2O3. The number of para-hydroxylation sites is 1. The molecule has 1 aliphatic heterocycles. The van der Waals surface area contributed by atoms with Crippen molar-refractivity contribution in [2.75, 3.05) is 6.79 Å². The Hall–Kier alpha value is -2.89. The van der Waals surface area contributed by atoms with Crippen molar-refractivity contribution in [2.45, 2.75) is 12.1 Å². The summed E-state index contributed by atoms with van der Waals surface area (Å²) in [6, 6.07) is 18.2. The van der Waals surface area contributed by atoms with Crippen molar-refractivity contribution in [2.24, 2.45) is 0 Å². The molecule has 0 saturated carbocycles. The normalized spacial score (nSPS) is 16.7. The predicted molar refractivity (Wildman–Crippen MR) is 101 cm³/mol. The fraction of sp³-hybridized carbons (Fsp3) is 0.143. The van der Waals surface area contributed by atoms with Crippen LogP contribution in [0.1, 0.15) is 28.8 Å². The second-order valence-electron chi connectivity index (χ2n) is 6.12. The molecule has 5 nitrogen and oxygen atoms in total. The molecule has 1 aliphatic rings. The molecule has 0 fully saturated rings.